The second-order valence-corrected chi connectivity index (χ2v) is 7.75. The zero-order valence-electron chi connectivity index (χ0n) is 19.2. The van der Waals surface area contributed by atoms with Crippen LogP contribution in [-0.4, -0.2) is 39.5 Å². The summed E-state index contributed by atoms with van der Waals surface area (Å²) in [7, 11) is 0. The molecule has 4 rings (SSSR count). The van der Waals surface area contributed by atoms with Gasteiger partial charge in [0.15, 0.2) is 0 Å². The molecule has 0 radical (unpaired) electrons. The molecule has 0 spiro atoms. The van der Waals surface area contributed by atoms with Crippen molar-refractivity contribution in [3.05, 3.63) is 103 Å². The minimum Gasteiger partial charge on any atom is -0.457 e. The highest BCUT2D eigenvalue weighted by atomic mass is 19.1. The molecule has 0 aliphatic heterocycles. The monoisotopic (exact) mass is 489 g/mol. The second kappa shape index (κ2) is 12.2. The molecule has 10 heteroatoms. The van der Waals surface area contributed by atoms with Gasteiger partial charge in [0.2, 0.25) is 11.8 Å². The number of halogens is 1. The van der Waals surface area contributed by atoms with Crippen LogP contribution in [0.25, 0.3) is 0 Å². The van der Waals surface area contributed by atoms with Gasteiger partial charge in [0, 0.05) is 5.69 Å². The van der Waals surface area contributed by atoms with Crippen LogP contribution in [0.4, 0.5) is 10.1 Å². The SMILES string of the molecule is O=C(Cn1nccn1)NC(COCc1ccccc1)C(=O)Nc1ccc(Oc2ccc(F)cc2)cc1. The van der Waals surface area contributed by atoms with Gasteiger partial charge in [0.05, 0.1) is 25.6 Å². The predicted molar refractivity (Wildman–Crippen MR) is 130 cm³/mol. The Balaban J connectivity index is 1.36. The van der Waals surface area contributed by atoms with Crippen molar-refractivity contribution in [2.45, 2.75) is 19.2 Å². The van der Waals surface area contributed by atoms with Crippen LogP contribution < -0.4 is 15.4 Å². The predicted octanol–water partition coefficient (Wildman–Crippen LogP) is 3.55. The molecule has 0 aliphatic carbocycles. The summed E-state index contributed by atoms with van der Waals surface area (Å²) in [6.07, 6.45) is 2.92. The number of hydrogen-bond donors (Lipinski definition) is 2. The van der Waals surface area contributed by atoms with Crippen molar-refractivity contribution < 1.29 is 23.5 Å². The molecule has 2 N–H and O–H groups in total. The van der Waals surface area contributed by atoms with Crippen LogP contribution in [0.5, 0.6) is 11.5 Å². The van der Waals surface area contributed by atoms with E-state index >= 15 is 0 Å². The van der Waals surface area contributed by atoms with Gasteiger partial charge in [0.25, 0.3) is 0 Å². The Labute approximate surface area is 206 Å². The number of aromatic nitrogens is 3. The van der Waals surface area contributed by atoms with Crippen molar-refractivity contribution in [3.63, 3.8) is 0 Å². The summed E-state index contributed by atoms with van der Waals surface area (Å²) in [6, 6.07) is 20.9. The van der Waals surface area contributed by atoms with E-state index in [1.165, 1.54) is 41.5 Å². The number of amides is 2. The molecule has 1 atom stereocenters. The summed E-state index contributed by atoms with van der Waals surface area (Å²) in [4.78, 5) is 26.7. The lowest BCUT2D eigenvalue weighted by atomic mass is 10.2. The molecule has 3 aromatic carbocycles. The Hall–Kier alpha value is -4.57. The zero-order valence-corrected chi connectivity index (χ0v) is 19.2. The van der Waals surface area contributed by atoms with Gasteiger partial charge < -0.3 is 20.1 Å². The van der Waals surface area contributed by atoms with E-state index in [0.717, 1.165) is 5.56 Å². The van der Waals surface area contributed by atoms with Crippen molar-refractivity contribution in [3.8, 4) is 11.5 Å². The molecule has 0 fully saturated rings. The lowest BCUT2D eigenvalue weighted by Gasteiger charge is -2.19. The van der Waals surface area contributed by atoms with Crippen molar-refractivity contribution in [1.82, 2.24) is 20.3 Å². The van der Waals surface area contributed by atoms with Crippen LogP contribution in [0.2, 0.25) is 0 Å². The summed E-state index contributed by atoms with van der Waals surface area (Å²) in [5.41, 5.74) is 1.45. The van der Waals surface area contributed by atoms with Gasteiger partial charge in [-0.05, 0) is 54.1 Å². The largest absolute Gasteiger partial charge is 0.457 e. The van der Waals surface area contributed by atoms with Gasteiger partial charge in [-0.3, -0.25) is 9.59 Å². The third-order valence-corrected chi connectivity index (χ3v) is 4.97. The molecule has 0 saturated carbocycles. The molecule has 0 bridgehead atoms. The van der Waals surface area contributed by atoms with Gasteiger partial charge >= 0.3 is 0 Å². The molecular weight excluding hydrogens is 465 g/mol. The van der Waals surface area contributed by atoms with Gasteiger partial charge in [-0.2, -0.15) is 15.0 Å². The summed E-state index contributed by atoms with van der Waals surface area (Å²) in [6.45, 7) is 0.117. The fourth-order valence-corrected chi connectivity index (χ4v) is 3.22. The molecule has 184 valence electrons. The number of hydrogen-bond acceptors (Lipinski definition) is 6. The van der Waals surface area contributed by atoms with E-state index in [9.17, 15) is 14.0 Å². The normalized spacial score (nSPS) is 11.5. The molecule has 0 saturated heterocycles. The summed E-state index contributed by atoms with van der Waals surface area (Å²) >= 11 is 0. The lowest BCUT2D eigenvalue weighted by molar-refractivity contribution is -0.128. The molecule has 36 heavy (non-hydrogen) atoms. The maximum Gasteiger partial charge on any atom is 0.249 e. The number of ether oxygens (including phenoxy) is 2. The second-order valence-electron chi connectivity index (χ2n) is 7.75. The summed E-state index contributed by atoms with van der Waals surface area (Å²) < 4.78 is 24.4. The van der Waals surface area contributed by atoms with Crippen LogP contribution in [0.3, 0.4) is 0 Å². The van der Waals surface area contributed by atoms with Gasteiger partial charge in [0.1, 0.15) is 29.9 Å². The average molecular weight is 490 g/mol. The number of benzene rings is 3. The molecule has 1 unspecified atom stereocenters. The van der Waals surface area contributed by atoms with Crippen LogP contribution in [0.1, 0.15) is 5.56 Å². The van der Waals surface area contributed by atoms with Crippen LogP contribution in [0.15, 0.2) is 91.3 Å². The first-order chi connectivity index (χ1) is 17.5. The zero-order chi connectivity index (χ0) is 25.2. The number of rotatable bonds is 11. The van der Waals surface area contributed by atoms with Crippen LogP contribution in [-0.2, 0) is 27.5 Å². The van der Waals surface area contributed by atoms with E-state index in [-0.39, 0.29) is 25.6 Å². The van der Waals surface area contributed by atoms with E-state index in [4.69, 9.17) is 9.47 Å². The van der Waals surface area contributed by atoms with Crippen molar-refractivity contribution in [2.24, 2.45) is 0 Å². The fourth-order valence-electron chi connectivity index (χ4n) is 3.22. The fraction of sp³-hybridized carbons (Fsp3) is 0.154. The highest BCUT2D eigenvalue weighted by Gasteiger charge is 2.22. The highest BCUT2D eigenvalue weighted by molar-refractivity contribution is 5.97. The van der Waals surface area contributed by atoms with Gasteiger partial charge in [-0.1, -0.05) is 30.3 Å². The van der Waals surface area contributed by atoms with E-state index < -0.39 is 17.9 Å². The maximum atomic E-state index is 13.1. The minimum atomic E-state index is -0.952. The highest BCUT2D eigenvalue weighted by Crippen LogP contribution is 2.23. The number of nitrogens with one attached hydrogen (secondary N) is 2. The molecule has 1 aromatic heterocycles. The standard InChI is InChI=1S/C26H24FN5O4/c27-20-6-10-22(11-7-20)36-23-12-8-21(9-13-23)30-26(34)24(18-35-17-19-4-2-1-3-5-19)31-25(33)16-32-28-14-15-29-32/h1-15,24H,16-18H2,(H,30,34)(H,31,33). The number of anilines is 1. The van der Waals surface area contributed by atoms with E-state index in [2.05, 4.69) is 20.8 Å². The third kappa shape index (κ3) is 7.47. The first kappa shape index (κ1) is 24.6. The van der Waals surface area contributed by atoms with Gasteiger partial charge in [-0.15, -0.1) is 0 Å². The minimum absolute atomic E-state index is 0.0369. The molecule has 1 heterocycles. The third-order valence-electron chi connectivity index (χ3n) is 4.97. The molecule has 0 aliphatic rings. The first-order valence-corrected chi connectivity index (χ1v) is 11.1. The Kier molecular flexibility index (Phi) is 8.34. The van der Waals surface area contributed by atoms with Gasteiger partial charge in [-0.25, -0.2) is 4.39 Å². The van der Waals surface area contributed by atoms with E-state index in [1.807, 2.05) is 30.3 Å². The summed E-state index contributed by atoms with van der Waals surface area (Å²) in [5.74, 6) is -0.231. The maximum absolute atomic E-state index is 13.1. The lowest BCUT2D eigenvalue weighted by Crippen LogP contribution is -2.47. The Morgan fingerprint density at radius 2 is 1.53 bits per heavy atom. The summed E-state index contributed by atoms with van der Waals surface area (Å²) in [5, 5.41) is 13.3. The quantitative estimate of drug-likeness (QED) is 0.334. The Morgan fingerprint density at radius 1 is 0.889 bits per heavy atom. The van der Waals surface area contributed by atoms with Crippen molar-refractivity contribution in [1.29, 1.82) is 0 Å². The van der Waals surface area contributed by atoms with Crippen molar-refractivity contribution in [2.75, 3.05) is 11.9 Å². The molecule has 2 amide bonds. The average Bonchev–Trinajstić information content (AvgIpc) is 3.39. The number of carbonyl (C=O) groups excluding carboxylic acids is 2. The smallest absolute Gasteiger partial charge is 0.249 e. The first-order valence-electron chi connectivity index (χ1n) is 11.1. The van der Waals surface area contributed by atoms with Crippen LogP contribution in [0, 0.1) is 5.82 Å². The van der Waals surface area contributed by atoms with E-state index in [1.54, 1.807) is 24.3 Å². The van der Waals surface area contributed by atoms with Crippen LogP contribution >= 0.6 is 0 Å². The molecule has 9 nitrogen and oxygen atoms in total. The topological polar surface area (TPSA) is 107 Å². The Morgan fingerprint density at radius 3 is 2.19 bits per heavy atom. The van der Waals surface area contributed by atoms with E-state index in [0.29, 0.717) is 17.2 Å². The van der Waals surface area contributed by atoms with Crippen molar-refractivity contribution >= 4 is 17.5 Å². The number of nitrogens with zero attached hydrogens (tertiary/aromatic N) is 3. The molecular formula is C26H24FN5O4. The Bertz CT molecular complexity index is 1250. The number of carbonyl (C=O) groups is 2. The molecule has 4 aromatic rings.